The molecule has 0 saturated carbocycles. The molecule has 4 nitrogen and oxygen atoms in total. The van der Waals surface area contributed by atoms with Gasteiger partial charge in [0.1, 0.15) is 17.2 Å². The Hall–Kier alpha value is -2.37. The first-order chi connectivity index (χ1) is 9.86. The van der Waals surface area contributed by atoms with Gasteiger partial charge in [-0.15, -0.1) is 0 Å². The Morgan fingerprint density at radius 2 is 1.86 bits per heavy atom. The van der Waals surface area contributed by atoms with Crippen molar-refractivity contribution in [2.45, 2.75) is 27.2 Å². The van der Waals surface area contributed by atoms with Crippen LogP contribution in [0.2, 0.25) is 0 Å². The molecule has 21 heavy (non-hydrogen) atoms. The fourth-order valence-electron chi connectivity index (χ4n) is 1.96. The summed E-state index contributed by atoms with van der Waals surface area (Å²) in [5.41, 5.74) is 2.07. The standard InChI is InChI=1S/C15H15F2N3O/c1-8-4-5-11(9(2)6-8)20-15(21)13-7-12(14(16)17)18-10(3)19-13/h4-7,14H,1-3H3,(H,20,21). The van der Waals surface area contributed by atoms with E-state index in [9.17, 15) is 13.6 Å². The van der Waals surface area contributed by atoms with Crippen LogP contribution in [0.1, 0.15) is 39.6 Å². The van der Waals surface area contributed by atoms with Gasteiger partial charge >= 0.3 is 0 Å². The number of anilines is 1. The fourth-order valence-corrected chi connectivity index (χ4v) is 1.96. The molecule has 0 aliphatic carbocycles. The third-order valence-electron chi connectivity index (χ3n) is 2.94. The number of carbonyl (C=O) groups excluding carboxylic acids is 1. The van der Waals surface area contributed by atoms with E-state index in [-0.39, 0.29) is 11.5 Å². The maximum atomic E-state index is 12.7. The van der Waals surface area contributed by atoms with Crippen molar-refractivity contribution in [3.63, 3.8) is 0 Å². The Balaban J connectivity index is 2.28. The molecule has 0 aliphatic heterocycles. The highest BCUT2D eigenvalue weighted by Gasteiger charge is 2.16. The lowest BCUT2D eigenvalue weighted by molar-refractivity contribution is 0.102. The number of nitrogens with one attached hydrogen (secondary N) is 1. The molecule has 6 heteroatoms. The first-order valence-electron chi connectivity index (χ1n) is 6.39. The van der Waals surface area contributed by atoms with Crippen LogP contribution in [-0.2, 0) is 0 Å². The molecule has 0 fully saturated rings. The minimum absolute atomic E-state index is 0.0715. The van der Waals surface area contributed by atoms with E-state index in [1.54, 1.807) is 6.07 Å². The summed E-state index contributed by atoms with van der Waals surface area (Å²) in [6.45, 7) is 5.28. The number of rotatable bonds is 3. The number of benzene rings is 1. The maximum Gasteiger partial charge on any atom is 0.280 e. The fraction of sp³-hybridized carbons (Fsp3) is 0.267. The highest BCUT2D eigenvalue weighted by atomic mass is 19.3. The molecule has 0 saturated heterocycles. The van der Waals surface area contributed by atoms with Gasteiger partial charge in [-0.3, -0.25) is 4.79 Å². The van der Waals surface area contributed by atoms with Gasteiger partial charge in [0.25, 0.3) is 12.3 Å². The second-order valence-electron chi connectivity index (χ2n) is 4.80. The van der Waals surface area contributed by atoms with E-state index in [1.807, 2.05) is 26.0 Å². The van der Waals surface area contributed by atoms with Crippen molar-refractivity contribution in [3.05, 3.63) is 52.6 Å². The lowest BCUT2D eigenvalue weighted by Gasteiger charge is -2.10. The predicted octanol–water partition coefficient (Wildman–Crippen LogP) is 3.59. The van der Waals surface area contributed by atoms with Gasteiger partial charge in [-0.1, -0.05) is 17.7 Å². The van der Waals surface area contributed by atoms with Crippen molar-refractivity contribution in [3.8, 4) is 0 Å². The molecule has 1 amide bonds. The third kappa shape index (κ3) is 3.59. The lowest BCUT2D eigenvalue weighted by Crippen LogP contribution is -2.16. The van der Waals surface area contributed by atoms with Crippen molar-refractivity contribution in [2.24, 2.45) is 0 Å². The summed E-state index contributed by atoms with van der Waals surface area (Å²) in [4.78, 5) is 19.6. The number of alkyl halides is 2. The summed E-state index contributed by atoms with van der Waals surface area (Å²) >= 11 is 0. The summed E-state index contributed by atoms with van der Waals surface area (Å²) in [6, 6.07) is 6.56. The largest absolute Gasteiger partial charge is 0.320 e. The first kappa shape index (κ1) is 15.0. The molecular weight excluding hydrogens is 276 g/mol. The van der Waals surface area contributed by atoms with Gasteiger partial charge in [-0.25, -0.2) is 18.7 Å². The molecule has 0 unspecified atom stereocenters. The monoisotopic (exact) mass is 291 g/mol. The van der Waals surface area contributed by atoms with E-state index >= 15 is 0 Å². The van der Waals surface area contributed by atoms with Gasteiger partial charge in [0, 0.05) is 5.69 Å². The van der Waals surface area contributed by atoms with Crippen molar-refractivity contribution < 1.29 is 13.6 Å². The number of nitrogens with zero attached hydrogens (tertiary/aromatic N) is 2. The summed E-state index contributed by atoms with van der Waals surface area (Å²) in [5, 5.41) is 2.67. The number of halogens is 2. The minimum atomic E-state index is -2.74. The summed E-state index contributed by atoms with van der Waals surface area (Å²) in [5.74, 6) is -0.395. The van der Waals surface area contributed by atoms with E-state index in [1.165, 1.54) is 6.92 Å². The zero-order chi connectivity index (χ0) is 15.6. The molecule has 0 spiro atoms. The second-order valence-corrected chi connectivity index (χ2v) is 4.80. The smallest absolute Gasteiger partial charge is 0.280 e. The van der Waals surface area contributed by atoms with E-state index in [0.717, 1.165) is 17.2 Å². The molecular formula is C15H15F2N3O. The molecule has 1 aromatic heterocycles. The molecule has 1 aromatic carbocycles. The molecule has 1 heterocycles. The summed E-state index contributed by atoms with van der Waals surface area (Å²) in [7, 11) is 0. The quantitative estimate of drug-likeness (QED) is 0.940. The first-order valence-corrected chi connectivity index (χ1v) is 6.39. The number of hydrogen-bond donors (Lipinski definition) is 1. The van der Waals surface area contributed by atoms with Crippen molar-refractivity contribution in [1.29, 1.82) is 0 Å². The molecule has 1 N–H and O–H groups in total. The van der Waals surface area contributed by atoms with Crippen LogP contribution in [0.3, 0.4) is 0 Å². The van der Waals surface area contributed by atoms with Crippen LogP contribution in [0.5, 0.6) is 0 Å². The van der Waals surface area contributed by atoms with Gasteiger partial charge in [0.05, 0.1) is 0 Å². The van der Waals surface area contributed by atoms with Crippen LogP contribution in [0.25, 0.3) is 0 Å². The third-order valence-corrected chi connectivity index (χ3v) is 2.94. The molecule has 110 valence electrons. The number of aromatic nitrogens is 2. The van der Waals surface area contributed by atoms with Crippen molar-refractivity contribution in [1.82, 2.24) is 9.97 Å². The molecule has 0 atom stereocenters. The van der Waals surface area contributed by atoms with E-state index < -0.39 is 18.0 Å². The Morgan fingerprint density at radius 1 is 1.14 bits per heavy atom. The van der Waals surface area contributed by atoms with E-state index in [2.05, 4.69) is 15.3 Å². The number of carbonyl (C=O) groups is 1. The van der Waals surface area contributed by atoms with E-state index in [4.69, 9.17) is 0 Å². The van der Waals surface area contributed by atoms with Gasteiger partial charge in [0.15, 0.2) is 0 Å². The average molecular weight is 291 g/mol. The topological polar surface area (TPSA) is 54.9 Å². The van der Waals surface area contributed by atoms with Gasteiger partial charge < -0.3 is 5.32 Å². The van der Waals surface area contributed by atoms with Crippen LogP contribution in [-0.4, -0.2) is 15.9 Å². The molecule has 0 radical (unpaired) electrons. The lowest BCUT2D eigenvalue weighted by atomic mass is 10.1. The van der Waals surface area contributed by atoms with Crippen LogP contribution in [0.15, 0.2) is 24.3 Å². The SMILES string of the molecule is Cc1ccc(NC(=O)c2cc(C(F)F)nc(C)n2)c(C)c1. The Kier molecular flexibility index (Phi) is 4.26. The zero-order valence-corrected chi connectivity index (χ0v) is 11.9. The Morgan fingerprint density at radius 3 is 2.48 bits per heavy atom. The van der Waals surface area contributed by atoms with Crippen molar-refractivity contribution in [2.75, 3.05) is 5.32 Å². The predicted molar refractivity (Wildman–Crippen MR) is 75.6 cm³/mol. The molecule has 2 aromatic rings. The van der Waals surface area contributed by atoms with Gasteiger partial charge in [0.2, 0.25) is 0 Å². The van der Waals surface area contributed by atoms with E-state index in [0.29, 0.717) is 5.69 Å². The van der Waals surface area contributed by atoms with Crippen LogP contribution >= 0.6 is 0 Å². The van der Waals surface area contributed by atoms with Crippen LogP contribution in [0.4, 0.5) is 14.5 Å². The normalized spacial score (nSPS) is 10.8. The summed E-state index contributed by atoms with van der Waals surface area (Å²) in [6.07, 6.45) is -2.74. The zero-order valence-electron chi connectivity index (χ0n) is 11.9. The summed E-state index contributed by atoms with van der Waals surface area (Å²) < 4.78 is 25.4. The van der Waals surface area contributed by atoms with Crippen LogP contribution < -0.4 is 5.32 Å². The van der Waals surface area contributed by atoms with Crippen LogP contribution in [0, 0.1) is 20.8 Å². The number of amides is 1. The highest BCUT2D eigenvalue weighted by molar-refractivity contribution is 6.03. The van der Waals surface area contributed by atoms with Gasteiger partial charge in [-0.05, 0) is 38.5 Å². The number of aryl methyl sites for hydroxylation is 3. The average Bonchev–Trinajstić information content (AvgIpc) is 2.41. The minimum Gasteiger partial charge on any atom is -0.320 e. The van der Waals surface area contributed by atoms with Gasteiger partial charge in [-0.2, -0.15) is 0 Å². The highest BCUT2D eigenvalue weighted by Crippen LogP contribution is 2.19. The van der Waals surface area contributed by atoms with Crippen molar-refractivity contribution >= 4 is 11.6 Å². The Labute approximate surface area is 121 Å². The molecule has 0 bridgehead atoms. The number of hydrogen-bond acceptors (Lipinski definition) is 3. The Bertz CT molecular complexity index is 687. The molecule has 0 aliphatic rings. The second kappa shape index (κ2) is 5.95. The maximum absolute atomic E-state index is 12.7. The molecule has 2 rings (SSSR count).